The Bertz CT molecular complexity index is 321. The summed E-state index contributed by atoms with van der Waals surface area (Å²) in [5.74, 6) is 0.141. The fraction of sp³-hybridized carbons (Fsp3) is 0.417. The molecular formula is C12H16BrNO. The van der Waals surface area contributed by atoms with E-state index in [-0.39, 0.29) is 5.78 Å². The number of rotatable bonds is 5. The van der Waals surface area contributed by atoms with Crippen molar-refractivity contribution in [2.45, 2.75) is 26.3 Å². The first-order valence-electron chi connectivity index (χ1n) is 5.15. The van der Waals surface area contributed by atoms with Gasteiger partial charge in [0.2, 0.25) is 0 Å². The monoisotopic (exact) mass is 269 g/mol. The molecule has 1 aromatic rings. The third kappa shape index (κ3) is 4.14. The summed E-state index contributed by atoms with van der Waals surface area (Å²) in [6, 6.07) is 7.84. The number of hydrogen-bond acceptors (Lipinski definition) is 2. The molecule has 2 nitrogen and oxygen atoms in total. The maximum Gasteiger partial charge on any atom is 0.176 e. The Morgan fingerprint density at radius 3 is 2.53 bits per heavy atom. The van der Waals surface area contributed by atoms with E-state index in [0.717, 1.165) is 16.5 Å². The van der Waals surface area contributed by atoms with Crippen LogP contribution in [-0.4, -0.2) is 18.4 Å². The maximum atomic E-state index is 11.7. The molecule has 1 rings (SSSR count). The molecule has 0 saturated heterocycles. The molecule has 1 atom stereocenters. The summed E-state index contributed by atoms with van der Waals surface area (Å²) >= 11 is 3.34. The predicted molar refractivity (Wildman–Crippen MR) is 66.2 cm³/mol. The number of halogens is 1. The van der Waals surface area contributed by atoms with Crippen LogP contribution < -0.4 is 5.32 Å². The van der Waals surface area contributed by atoms with Crippen molar-refractivity contribution in [1.82, 2.24) is 5.32 Å². The zero-order valence-corrected chi connectivity index (χ0v) is 10.7. The molecule has 0 aromatic heterocycles. The normalized spacial score (nSPS) is 12.5. The average molecular weight is 270 g/mol. The number of Topliss-reactive ketones (excluding diaryl/α,β-unsaturated/α-hetero) is 1. The first kappa shape index (κ1) is 12.4. The fourth-order valence-electron chi connectivity index (χ4n) is 1.15. The Balaban J connectivity index is 2.50. The second kappa shape index (κ2) is 6.03. The van der Waals surface area contributed by atoms with Crippen LogP contribution in [0, 0.1) is 0 Å². The first-order chi connectivity index (χ1) is 7.13. The molecule has 82 valence electrons. The highest BCUT2D eigenvalue weighted by molar-refractivity contribution is 9.10. The highest BCUT2D eigenvalue weighted by atomic mass is 79.9. The molecule has 0 heterocycles. The summed E-state index contributed by atoms with van der Waals surface area (Å²) < 4.78 is 0.994. The molecule has 1 unspecified atom stereocenters. The quantitative estimate of drug-likeness (QED) is 0.833. The number of carbonyl (C=O) groups is 1. The van der Waals surface area contributed by atoms with Crippen LogP contribution in [0.25, 0.3) is 0 Å². The van der Waals surface area contributed by atoms with E-state index in [4.69, 9.17) is 0 Å². The fourth-order valence-corrected chi connectivity index (χ4v) is 1.41. The summed E-state index contributed by atoms with van der Waals surface area (Å²) in [7, 11) is 0. The maximum absolute atomic E-state index is 11.7. The van der Waals surface area contributed by atoms with Gasteiger partial charge in [0.1, 0.15) is 0 Å². The lowest BCUT2D eigenvalue weighted by atomic mass is 10.1. The van der Waals surface area contributed by atoms with E-state index in [1.54, 1.807) is 0 Å². The van der Waals surface area contributed by atoms with Gasteiger partial charge in [-0.3, -0.25) is 4.79 Å². The van der Waals surface area contributed by atoms with Crippen molar-refractivity contribution >= 4 is 21.7 Å². The summed E-state index contributed by atoms with van der Waals surface area (Å²) in [5, 5.41) is 3.18. The second-order valence-electron chi connectivity index (χ2n) is 3.62. The van der Waals surface area contributed by atoms with Crippen molar-refractivity contribution in [3.8, 4) is 0 Å². The molecule has 0 aliphatic rings. The van der Waals surface area contributed by atoms with Gasteiger partial charge in [-0.2, -0.15) is 0 Å². The largest absolute Gasteiger partial charge is 0.307 e. The first-order valence-corrected chi connectivity index (χ1v) is 5.95. The van der Waals surface area contributed by atoms with Crippen LogP contribution in [0.4, 0.5) is 0 Å². The van der Waals surface area contributed by atoms with E-state index < -0.39 is 0 Å². The average Bonchev–Trinajstić information content (AvgIpc) is 2.26. The SMILES string of the molecule is CCC(C)NCC(=O)c1ccc(Br)cc1. The van der Waals surface area contributed by atoms with Gasteiger partial charge in [0, 0.05) is 16.1 Å². The topological polar surface area (TPSA) is 29.1 Å². The van der Waals surface area contributed by atoms with E-state index >= 15 is 0 Å². The van der Waals surface area contributed by atoms with Gasteiger partial charge in [-0.1, -0.05) is 35.0 Å². The van der Waals surface area contributed by atoms with E-state index in [9.17, 15) is 4.79 Å². The lowest BCUT2D eigenvalue weighted by Crippen LogP contribution is -2.30. The van der Waals surface area contributed by atoms with E-state index in [1.165, 1.54) is 0 Å². The van der Waals surface area contributed by atoms with Crippen molar-refractivity contribution < 1.29 is 4.79 Å². The Kier molecular flexibility index (Phi) is 4.99. The molecule has 0 bridgehead atoms. The molecule has 0 fully saturated rings. The second-order valence-corrected chi connectivity index (χ2v) is 4.54. The standard InChI is InChI=1S/C12H16BrNO/c1-3-9(2)14-8-12(15)10-4-6-11(13)7-5-10/h4-7,9,14H,3,8H2,1-2H3. The van der Waals surface area contributed by atoms with Gasteiger partial charge in [0.15, 0.2) is 5.78 Å². The third-order valence-electron chi connectivity index (χ3n) is 2.39. The Labute approximate surface area is 99.2 Å². The van der Waals surface area contributed by atoms with Gasteiger partial charge < -0.3 is 5.32 Å². The Morgan fingerprint density at radius 2 is 2.00 bits per heavy atom. The molecule has 15 heavy (non-hydrogen) atoms. The van der Waals surface area contributed by atoms with Crippen LogP contribution in [0.2, 0.25) is 0 Å². The van der Waals surface area contributed by atoms with Gasteiger partial charge in [-0.15, -0.1) is 0 Å². The number of hydrogen-bond donors (Lipinski definition) is 1. The lowest BCUT2D eigenvalue weighted by molar-refractivity contribution is 0.0987. The highest BCUT2D eigenvalue weighted by Gasteiger charge is 2.06. The number of ketones is 1. The highest BCUT2D eigenvalue weighted by Crippen LogP contribution is 2.10. The van der Waals surface area contributed by atoms with Crippen molar-refractivity contribution in [3.63, 3.8) is 0 Å². The summed E-state index contributed by atoms with van der Waals surface area (Å²) in [4.78, 5) is 11.7. The van der Waals surface area contributed by atoms with Crippen molar-refractivity contribution in [3.05, 3.63) is 34.3 Å². The summed E-state index contributed by atoms with van der Waals surface area (Å²) in [5.41, 5.74) is 0.758. The lowest BCUT2D eigenvalue weighted by Gasteiger charge is -2.10. The third-order valence-corrected chi connectivity index (χ3v) is 2.92. The van der Waals surface area contributed by atoms with Crippen molar-refractivity contribution in [1.29, 1.82) is 0 Å². The van der Waals surface area contributed by atoms with Crippen LogP contribution in [-0.2, 0) is 0 Å². The van der Waals surface area contributed by atoms with Gasteiger partial charge in [-0.05, 0) is 25.5 Å². The molecular weight excluding hydrogens is 254 g/mol. The Morgan fingerprint density at radius 1 is 1.40 bits per heavy atom. The molecule has 0 amide bonds. The van der Waals surface area contributed by atoms with Gasteiger partial charge in [0.05, 0.1) is 6.54 Å². The van der Waals surface area contributed by atoms with E-state index in [1.807, 2.05) is 24.3 Å². The molecule has 1 N–H and O–H groups in total. The summed E-state index contributed by atoms with van der Waals surface area (Å²) in [6.07, 6.45) is 1.04. The number of nitrogens with one attached hydrogen (secondary N) is 1. The molecule has 0 saturated carbocycles. The van der Waals surface area contributed by atoms with Gasteiger partial charge in [0.25, 0.3) is 0 Å². The number of benzene rings is 1. The molecule has 3 heteroatoms. The van der Waals surface area contributed by atoms with Crippen LogP contribution >= 0.6 is 15.9 Å². The molecule has 0 aliphatic heterocycles. The molecule has 0 aliphatic carbocycles. The van der Waals surface area contributed by atoms with Crippen LogP contribution in [0.15, 0.2) is 28.7 Å². The van der Waals surface area contributed by atoms with E-state index in [2.05, 4.69) is 35.1 Å². The van der Waals surface area contributed by atoms with Crippen molar-refractivity contribution in [2.24, 2.45) is 0 Å². The zero-order valence-electron chi connectivity index (χ0n) is 9.09. The van der Waals surface area contributed by atoms with Crippen LogP contribution in [0.5, 0.6) is 0 Å². The van der Waals surface area contributed by atoms with Gasteiger partial charge >= 0.3 is 0 Å². The number of carbonyl (C=O) groups excluding carboxylic acids is 1. The molecule has 1 aromatic carbocycles. The smallest absolute Gasteiger partial charge is 0.176 e. The van der Waals surface area contributed by atoms with Crippen LogP contribution in [0.1, 0.15) is 30.6 Å². The van der Waals surface area contributed by atoms with Crippen molar-refractivity contribution in [2.75, 3.05) is 6.54 Å². The minimum atomic E-state index is 0.141. The molecule has 0 spiro atoms. The predicted octanol–water partition coefficient (Wildman–Crippen LogP) is 3.02. The zero-order chi connectivity index (χ0) is 11.3. The van der Waals surface area contributed by atoms with E-state index in [0.29, 0.717) is 12.6 Å². The minimum Gasteiger partial charge on any atom is -0.307 e. The van der Waals surface area contributed by atoms with Gasteiger partial charge in [-0.25, -0.2) is 0 Å². The van der Waals surface area contributed by atoms with Crippen LogP contribution in [0.3, 0.4) is 0 Å². The molecule has 0 radical (unpaired) electrons. The summed E-state index contributed by atoms with van der Waals surface area (Å²) in [6.45, 7) is 4.59. The Hall–Kier alpha value is -0.670. The minimum absolute atomic E-state index is 0.141.